The zero-order valence-electron chi connectivity index (χ0n) is 12.0. The van der Waals surface area contributed by atoms with E-state index in [-0.39, 0.29) is 5.91 Å². The Balaban J connectivity index is 2.17. The second-order valence-corrected chi connectivity index (χ2v) is 6.00. The molecule has 6 heteroatoms. The number of ether oxygens (including phenoxy) is 1. The molecule has 1 aromatic heterocycles. The Morgan fingerprint density at radius 1 is 1.43 bits per heavy atom. The highest BCUT2D eigenvalue weighted by Crippen LogP contribution is 2.29. The minimum Gasteiger partial charge on any atom is -0.496 e. The summed E-state index contributed by atoms with van der Waals surface area (Å²) in [5, 5.41) is 3.38. The van der Waals surface area contributed by atoms with Crippen molar-refractivity contribution in [1.29, 1.82) is 0 Å². The van der Waals surface area contributed by atoms with E-state index in [1.165, 1.54) is 11.3 Å². The van der Waals surface area contributed by atoms with Gasteiger partial charge in [0.15, 0.2) is 0 Å². The summed E-state index contributed by atoms with van der Waals surface area (Å²) >= 11 is 3.01. The molecule has 21 heavy (non-hydrogen) atoms. The monoisotopic (exact) mass is 320 g/mol. The van der Waals surface area contributed by atoms with Crippen molar-refractivity contribution < 1.29 is 9.53 Å². The average molecular weight is 320 g/mol. The number of nitrogens with zero attached hydrogens (tertiary/aromatic N) is 1. The molecule has 0 saturated heterocycles. The lowest BCUT2D eigenvalue weighted by Crippen LogP contribution is -2.16. The van der Waals surface area contributed by atoms with Gasteiger partial charge in [-0.3, -0.25) is 4.79 Å². The Bertz CT molecular complexity index is 665. The molecule has 4 nitrogen and oxygen atoms in total. The van der Waals surface area contributed by atoms with Crippen molar-refractivity contribution >= 4 is 41.2 Å². The number of aromatic nitrogens is 1. The highest BCUT2D eigenvalue weighted by atomic mass is 32.2. The molecule has 0 aliphatic heterocycles. The van der Waals surface area contributed by atoms with Crippen LogP contribution in [0.2, 0.25) is 0 Å². The van der Waals surface area contributed by atoms with Gasteiger partial charge in [0.1, 0.15) is 15.6 Å². The lowest BCUT2D eigenvalue weighted by atomic mass is 10.2. The number of rotatable bonds is 5. The van der Waals surface area contributed by atoms with Crippen molar-refractivity contribution in [3.8, 4) is 5.75 Å². The van der Waals surface area contributed by atoms with Crippen molar-refractivity contribution in [2.75, 3.05) is 20.4 Å². The maximum Gasteiger partial charge on any atom is 0.262 e. The predicted octanol–water partition coefficient (Wildman–Crippen LogP) is 3.40. The molecule has 0 saturated carbocycles. The molecule has 1 amide bonds. The van der Waals surface area contributed by atoms with Crippen LogP contribution < -0.4 is 10.1 Å². The third-order valence-corrected chi connectivity index (χ3v) is 4.54. The third kappa shape index (κ3) is 3.86. The van der Waals surface area contributed by atoms with Gasteiger partial charge in [-0.05, 0) is 30.0 Å². The molecule has 0 unspecified atom stereocenters. The van der Waals surface area contributed by atoms with Gasteiger partial charge in [0.2, 0.25) is 0 Å². The first-order valence-electron chi connectivity index (χ1n) is 6.26. The second-order valence-electron chi connectivity index (χ2n) is 4.09. The van der Waals surface area contributed by atoms with Gasteiger partial charge < -0.3 is 10.1 Å². The minimum absolute atomic E-state index is 0.113. The number of methoxy groups -OCH3 is 1. The number of carbonyl (C=O) groups excluding carboxylic acids is 1. The second kappa shape index (κ2) is 7.28. The molecule has 0 radical (unpaired) electrons. The number of hydrogen-bond donors (Lipinski definition) is 1. The van der Waals surface area contributed by atoms with Crippen LogP contribution in [0.3, 0.4) is 0 Å². The van der Waals surface area contributed by atoms with Gasteiger partial charge in [-0.15, -0.1) is 23.1 Å². The maximum atomic E-state index is 11.5. The molecule has 0 aliphatic carbocycles. The van der Waals surface area contributed by atoms with Crippen molar-refractivity contribution in [3.63, 3.8) is 0 Å². The van der Waals surface area contributed by atoms with Gasteiger partial charge in [-0.25, -0.2) is 4.98 Å². The first kappa shape index (κ1) is 15.6. The highest BCUT2D eigenvalue weighted by Gasteiger charge is 2.07. The van der Waals surface area contributed by atoms with Crippen LogP contribution in [0.4, 0.5) is 0 Å². The molecule has 1 aromatic carbocycles. The predicted molar refractivity (Wildman–Crippen MR) is 89.2 cm³/mol. The van der Waals surface area contributed by atoms with Gasteiger partial charge >= 0.3 is 0 Å². The Kier molecular flexibility index (Phi) is 5.41. The molecular formula is C15H16N2O2S2. The van der Waals surface area contributed by atoms with Gasteiger partial charge in [0.25, 0.3) is 5.91 Å². The number of hydrogen-bond acceptors (Lipinski definition) is 5. The van der Waals surface area contributed by atoms with Gasteiger partial charge in [0, 0.05) is 11.9 Å². The summed E-state index contributed by atoms with van der Waals surface area (Å²) in [6.07, 6.45) is 7.45. The van der Waals surface area contributed by atoms with Gasteiger partial charge in [-0.1, -0.05) is 12.1 Å². The fourth-order valence-corrected chi connectivity index (χ4v) is 3.03. The third-order valence-electron chi connectivity index (χ3n) is 2.80. The number of amides is 1. The molecule has 1 N–H and O–H groups in total. The molecule has 2 aromatic rings. The van der Waals surface area contributed by atoms with E-state index in [9.17, 15) is 4.79 Å². The van der Waals surface area contributed by atoms with Gasteiger partial charge in [-0.2, -0.15) is 0 Å². The standard InChI is InChI=1S/C15H16N2O2S2/c1-16-15(18)13-9-17-14(21-13)7-5-10-4-6-12(20-3)11(8-10)19-2/h4-9H,1-3H3,(H,16,18). The SMILES string of the molecule is CNC(=O)c1cnc(C=Cc2ccc(SC)c(OC)c2)s1. The molecule has 1 heterocycles. The van der Waals surface area contributed by atoms with Crippen LogP contribution in [-0.4, -0.2) is 31.3 Å². The van der Waals surface area contributed by atoms with E-state index in [1.54, 1.807) is 32.1 Å². The van der Waals surface area contributed by atoms with Crippen molar-refractivity contribution in [2.45, 2.75) is 4.90 Å². The number of thioether (sulfide) groups is 1. The van der Waals surface area contributed by atoms with E-state index in [1.807, 2.05) is 36.6 Å². The topological polar surface area (TPSA) is 51.2 Å². The highest BCUT2D eigenvalue weighted by molar-refractivity contribution is 7.98. The molecule has 0 bridgehead atoms. The molecule has 0 fully saturated rings. The molecule has 0 aliphatic rings. The van der Waals surface area contributed by atoms with E-state index in [2.05, 4.69) is 10.3 Å². The van der Waals surface area contributed by atoms with Crippen molar-refractivity contribution in [2.24, 2.45) is 0 Å². The van der Waals surface area contributed by atoms with Crippen LogP contribution in [0, 0.1) is 0 Å². The van der Waals surface area contributed by atoms with Crippen molar-refractivity contribution in [1.82, 2.24) is 10.3 Å². The van der Waals surface area contributed by atoms with Crippen LogP contribution in [0.25, 0.3) is 12.2 Å². The Hall–Kier alpha value is -1.79. The zero-order chi connectivity index (χ0) is 15.2. The van der Waals surface area contributed by atoms with Crippen LogP contribution in [0.15, 0.2) is 29.3 Å². The van der Waals surface area contributed by atoms with Crippen LogP contribution in [0.1, 0.15) is 20.2 Å². The number of benzene rings is 1. The number of nitrogens with one attached hydrogen (secondary N) is 1. The Labute approximate surface area is 132 Å². The summed E-state index contributed by atoms with van der Waals surface area (Å²) in [7, 11) is 3.27. The summed E-state index contributed by atoms with van der Waals surface area (Å²) in [6.45, 7) is 0. The van der Waals surface area contributed by atoms with Crippen LogP contribution >= 0.6 is 23.1 Å². The first-order valence-corrected chi connectivity index (χ1v) is 8.30. The van der Waals surface area contributed by atoms with E-state index in [0.717, 1.165) is 21.2 Å². The summed E-state index contributed by atoms with van der Waals surface area (Å²) in [4.78, 5) is 17.4. The smallest absolute Gasteiger partial charge is 0.262 e. The largest absolute Gasteiger partial charge is 0.496 e. The van der Waals surface area contributed by atoms with Crippen LogP contribution in [0.5, 0.6) is 5.75 Å². The van der Waals surface area contributed by atoms with E-state index >= 15 is 0 Å². The van der Waals surface area contributed by atoms with E-state index < -0.39 is 0 Å². The summed E-state index contributed by atoms with van der Waals surface area (Å²) in [6, 6.07) is 6.04. The fraction of sp³-hybridized carbons (Fsp3) is 0.200. The molecule has 0 atom stereocenters. The van der Waals surface area contributed by atoms with Crippen molar-refractivity contribution in [3.05, 3.63) is 39.8 Å². The first-order chi connectivity index (χ1) is 10.2. The van der Waals surface area contributed by atoms with Gasteiger partial charge in [0.05, 0.1) is 13.3 Å². The normalized spacial score (nSPS) is 10.8. The lowest BCUT2D eigenvalue weighted by molar-refractivity contribution is 0.0967. The fourth-order valence-electron chi connectivity index (χ4n) is 1.72. The number of carbonyl (C=O) groups is 1. The molecular weight excluding hydrogens is 304 g/mol. The lowest BCUT2D eigenvalue weighted by Gasteiger charge is -2.06. The Morgan fingerprint density at radius 2 is 2.24 bits per heavy atom. The summed E-state index contributed by atoms with van der Waals surface area (Å²) in [5.41, 5.74) is 1.03. The van der Waals surface area contributed by atoms with E-state index in [0.29, 0.717) is 4.88 Å². The maximum absolute atomic E-state index is 11.5. The van der Waals surface area contributed by atoms with E-state index in [4.69, 9.17) is 4.74 Å². The number of thiazole rings is 1. The average Bonchev–Trinajstić information content (AvgIpc) is 3.00. The summed E-state index contributed by atoms with van der Waals surface area (Å²) in [5.74, 6) is 0.744. The quantitative estimate of drug-likeness (QED) is 0.858. The van der Waals surface area contributed by atoms with Crippen LogP contribution in [-0.2, 0) is 0 Å². The molecule has 2 rings (SSSR count). The molecule has 0 spiro atoms. The summed E-state index contributed by atoms with van der Waals surface area (Å²) < 4.78 is 5.36. The molecule has 110 valence electrons. The zero-order valence-corrected chi connectivity index (χ0v) is 13.7. The minimum atomic E-state index is -0.113. The Morgan fingerprint density at radius 3 is 2.90 bits per heavy atom.